The number of guanidine groups is 1. The molecule has 2 aliphatic heterocycles. The van der Waals surface area contributed by atoms with Crippen LogP contribution in [0.1, 0.15) is 35.3 Å². The summed E-state index contributed by atoms with van der Waals surface area (Å²) in [6, 6.07) is 12.2. The van der Waals surface area contributed by atoms with Crippen LogP contribution in [0.2, 0.25) is 0 Å². The maximum atomic E-state index is 13.4. The Balaban J connectivity index is 1.46. The van der Waals surface area contributed by atoms with Gasteiger partial charge in [-0.15, -0.1) is 0 Å². The summed E-state index contributed by atoms with van der Waals surface area (Å²) in [5.41, 5.74) is 5.31. The van der Waals surface area contributed by atoms with Crippen LogP contribution in [0.3, 0.4) is 0 Å². The molecule has 32 heavy (non-hydrogen) atoms. The number of imidazole rings is 1. The molecule has 162 valence electrons. The van der Waals surface area contributed by atoms with Gasteiger partial charge in [-0.2, -0.15) is 0 Å². The highest BCUT2D eigenvalue weighted by molar-refractivity contribution is 6.14. The van der Waals surface area contributed by atoms with Gasteiger partial charge in [-0.25, -0.2) is 14.4 Å². The van der Waals surface area contributed by atoms with Crippen LogP contribution < -0.4 is 0 Å². The molecule has 0 spiro atoms. The van der Waals surface area contributed by atoms with E-state index in [0.717, 1.165) is 34.6 Å². The van der Waals surface area contributed by atoms with Crippen molar-refractivity contribution >= 4 is 17.9 Å². The molecule has 2 aromatic carbocycles. The number of rotatable bonds is 4. The van der Waals surface area contributed by atoms with Crippen molar-refractivity contribution < 1.29 is 9.18 Å². The predicted molar refractivity (Wildman–Crippen MR) is 122 cm³/mol. The molecule has 0 N–H and O–H groups in total. The minimum Gasteiger partial charge on any atom is -0.340 e. The molecule has 1 amide bonds. The lowest BCUT2D eigenvalue weighted by molar-refractivity contribution is -0.123. The van der Waals surface area contributed by atoms with Gasteiger partial charge in [0.2, 0.25) is 5.96 Å². The predicted octanol–water partition coefficient (Wildman–Crippen LogP) is 4.24. The van der Waals surface area contributed by atoms with E-state index in [9.17, 15) is 9.18 Å². The van der Waals surface area contributed by atoms with Gasteiger partial charge < -0.3 is 9.47 Å². The topological polar surface area (TPSA) is 53.7 Å². The smallest absolute Gasteiger partial charge is 0.279 e. The molecule has 0 bridgehead atoms. The van der Waals surface area contributed by atoms with E-state index in [4.69, 9.17) is 0 Å². The van der Waals surface area contributed by atoms with Gasteiger partial charge in [0.25, 0.3) is 5.91 Å². The second kappa shape index (κ2) is 7.75. The number of nitrogens with zero attached hydrogens (tertiary/aromatic N) is 5. The fourth-order valence-corrected chi connectivity index (χ4v) is 4.37. The minimum atomic E-state index is -0.286. The van der Waals surface area contributed by atoms with E-state index in [-0.39, 0.29) is 17.8 Å². The van der Waals surface area contributed by atoms with Crippen LogP contribution in [0, 0.1) is 19.7 Å². The molecular formula is C25H24FN5O. The number of aromatic nitrogens is 2. The average molecular weight is 429 g/mol. The zero-order valence-corrected chi connectivity index (χ0v) is 18.3. The molecule has 1 unspecified atom stereocenters. The third-order valence-corrected chi connectivity index (χ3v) is 6.01. The van der Waals surface area contributed by atoms with Gasteiger partial charge in [-0.05, 0) is 67.8 Å². The van der Waals surface area contributed by atoms with Crippen LogP contribution in [0.25, 0.3) is 11.8 Å². The van der Waals surface area contributed by atoms with E-state index in [0.29, 0.717) is 18.2 Å². The summed E-state index contributed by atoms with van der Waals surface area (Å²) in [5, 5.41) is 0. The molecule has 0 aliphatic carbocycles. The molecule has 1 aromatic heterocycles. The van der Waals surface area contributed by atoms with Crippen molar-refractivity contribution in [3.05, 3.63) is 88.9 Å². The van der Waals surface area contributed by atoms with E-state index in [1.165, 1.54) is 12.1 Å². The molecule has 1 saturated heterocycles. The van der Waals surface area contributed by atoms with Crippen LogP contribution in [-0.2, 0) is 4.79 Å². The number of benzene rings is 2. The first kappa shape index (κ1) is 20.2. The molecule has 1 atom stereocenters. The van der Waals surface area contributed by atoms with E-state index < -0.39 is 0 Å². The van der Waals surface area contributed by atoms with E-state index in [1.807, 2.05) is 55.8 Å². The van der Waals surface area contributed by atoms with E-state index in [2.05, 4.69) is 14.9 Å². The number of likely N-dealkylation sites (N-methyl/N-ethyl adjacent to an activating group) is 1. The number of carbonyl (C=O) groups excluding carboxylic acids is 1. The summed E-state index contributed by atoms with van der Waals surface area (Å²) >= 11 is 0. The quantitative estimate of drug-likeness (QED) is 0.583. The Hall–Kier alpha value is -3.74. The Morgan fingerprint density at radius 3 is 2.59 bits per heavy atom. The number of carbonyl (C=O) groups is 1. The highest BCUT2D eigenvalue weighted by atomic mass is 19.1. The minimum absolute atomic E-state index is 0.128. The van der Waals surface area contributed by atoms with E-state index in [1.54, 1.807) is 23.4 Å². The molecular weight excluding hydrogens is 405 g/mol. The fraction of sp³-hybridized carbons (Fsp3) is 0.240. The maximum absolute atomic E-state index is 13.4. The Labute approximate surface area is 186 Å². The van der Waals surface area contributed by atoms with Gasteiger partial charge in [-0.1, -0.05) is 18.2 Å². The molecule has 2 aliphatic rings. The summed E-state index contributed by atoms with van der Waals surface area (Å²) in [7, 11) is 0. The first-order valence-corrected chi connectivity index (χ1v) is 10.7. The zero-order chi connectivity index (χ0) is 22.4. The number of hydrogen-bond donors (Lipinski definition) is 0. The first-order chi connectivity index (χ1) is 15.4. The lowest BCUT2D eigenvalue weighted by atomic mass is 10.1. The normalized spacial score (nSPS) is 19.1. The summed E-state index contributed by atoms with van der Waals surface area (Å²) in [5.74, 6) is 0.253. The Morgan fingerprint density at radius 2 is 1.94 bits per heavy atom. The summed E-state index contributed by atoms with van der Waals surface area (Å²) < 4.78 is 15.4. The van der Waals surface area contributed by atoms with Crippen molar-refractivity contribution in [2.24, 2.45) is 4.99 Å². The molecule has 7 heteroatoms. The summed E-state index contributed by atoms with van der Waals surface area (Å²) in [6.07, 6.45) is 5.61. The Kier molecular flexibility index (Phi) is 4.89. The first-order valence-electron chi connectivity index (χ1n) is 10.7. The summed E-state index contributed by atoms with van der Waals surface area (Å²) in [4.78, 5) is 26.1. The number of amides is 1. The van der Waals surface area contributed by atoms with Crippen molar-refractivity contribution in [1.82, 2.24) is 19.4 Å². The van der Waals surface area contributed by atoms with Gasteiger partial charge in [-0.3, -0.25) is 9.69 Å². The van der Waals surface area contributed by atoms with Crippen molar-refractivity contribution in [1.29, 1.82) is 0 Å². The lowest BCUT2D eigenvalue weighted by Crippen LogP contribution is -2.33. The molecule has 0 saturated carbocycles. The second-order valence-electron chi connectivity index (χ2n) is 8.19. The van der Waals surface area contributed by atoms with E-state index >= 15 is 0 Å². The fourth-order valence-electron chi connectivity index (χ4n) is 4.37. The second-order valence-corrected chi connectivity index (χ2v) is 8.19. The largest absolute Gasteiger partial charge is 0.340 e. The Bertz CT molecular complexity index is 1260. The van der Waals surface area contributed by atoms with Crippen molar-refractivity contribution in [2.45, 2.75) is 26.8 Å². The van der Waals surface area contributed by atoms with Crippen LogP contribution in [0.5, 0.6) is 0 Å². The molecule has 1 fully saturated rings. The van der Waals surface area contributed by atoms with Crippen molar-refractivity contribution in [3.63, 3.8) is 0 Å². The Morgan fingerprint density at radius 1 is 1.16 bits per heavy atom. The summed E-state index contributed by atoms with van der Waals surface area (Å²) in [6.45, 7) is 7.43. The van der Waals surface area contributed by atoms with Gasteiger partial charge in [0, 0.05) is 25.0 Å². The highest BCUT2D eigenvalue weighted by Crippen LogP contribution is 2.36. The van der Waals surface area contributed by atoms with Crippen LogP contribution in [0.15, 0.2) is 65.7 Å². The monoisotopic (exact) mass is 429 g/mol. The van der Waals surface area contributed by atoms with Crippen LogP contribution >= 0.6 is 0 Å². The van der Waals surface area contributed by atoms with Gasteiger partial charge in [0.15, 0.2) is 0 Å². The SMILES string of the molecule is CCN1CC(c2ccc(F)cc2)N2C(=O)/C(=C/c3ccc(-n4cnc(C)c4)c(C)c3)N=C12. The maximum Gasteiger partial charge on any atom is 0.279 e. The van der Waals surface area contributed by atoms with Crippen LogP contribution in [-0.4, -0.2) is 44.3 Å². The number of aryl methyl sites for hydroxylation is 2. The van der Waals surface area contributed by atoms with Gasteiger partial charge >= 0.3 is 0 Å². The molecule has 6 nitrogen and oxygen atoms in total. The molecule has 3 aromatic rings. The standard InChI is InChI=1S/C25H24FN5O/c1-4-29-14-23(19-6-8-20(26)9-7-19)31-24(32)21(28-25(29)31)12-18-5-10-22(16(2)11-18)30-13-17(3)27-15-30/h5-13,15,23H,4,14H2,1-3H3/b21-12-. The van der Waals surface area contributed by atoms with Crippen molar-refractivity contribution in [3.8, 4) is 5.69 Å². The van der Waals surface area contributed by atoms with Crippen LogP contribution in [0.4, 0.5) is 4.39 Å². The third kappa shape index (κ3) is 3.39. The molecule has 3 heterocycles. The number of halogens is 1. The van der Waals surface area contributed by atoms with Gasteiger partial charge in [0.1, 0.15) is 11.5 Å². The zero-order valence-electron chi connectivity index (χ0n) is 18.3. The van der Waals surface area contributed by atoms with Gasteiger partial charge in [0.05, 0.1) is 18.1 Å². The molecule has 5 rings (SSSR count). The average Bonchev–Trinajstić information content (AvgIpc) is 3.45. The number of hydrogen-bond acceptors (Lipinski definition) is 4. The van der Waals surface area contributed by atoms with Crippen molar-refractivity contribution in [2.75, 3.05) is 13.1 Å². The number of aliphatic imine (C=N–C) groups is 1. The highest BCUT2D eigenvalue weighted by Gasteiger charge is 2.44. The molecule has 0 radical (unpaired) electrons. The number of fused-ring (bicyclic) bond motifs is 1. The lowest BCUT2D eigenvalue weighted by Gasteiger charge is -2.19. The third-order valence-electron chi connectivity index (χ3n) is 6.01.